The Morgan fingerprint density at radius 1 is 0.975 bits per heavy atom. The lowest BCUT2D eigenvalue weighted by Gasteiger charge is -2.19. The number of halogens is 8. The molecule has 2 atom stereocenters. The molecule has 1 aliphatic rings. The molecule has 1 amide bonds. The fraction of sp³-hybridized carbons (Fsp3) is 0.296. The van der Waals surface area contributed by atoms with Crippen LogP contribution in [0.2, 0.25) is 0 Å². The summed E-state index contributed by atoms with van der Waals surface area (Å²) < 4.78 is 118. The fourth-order valence-corrected chi connectivity index (χ4v) is 3.86. The maximum Gasteiger partial charge on any atom is 0.416 e. The zero-order valence-electron chi connectivity index (χ0n) is 20.5. The second-order valence-electron chi connectivity index (χ2n) is 9.11. The number of nitrogens with one attached hydrogen (secondary N) is 1. The highest BCUT2D eigenvalue weighted by Gasteiger charge is 2.40. The summed E-state index contributed by atoms with van der Waals surface area (Å²) in [7, 11) is 0. The number of carbonyl (C=O) groups is 1. The van der Waals surface area contributed by atoms with Crippen molar-refractivity contribution in [2.24, 2.45) is 0 Å². The van der Waals surface area contributed by atoms with Gasteiger partial charge < -0.3 is 19.9 Å². The van der Waals surface area contributed by atoms with E-state index in [2.05, 4.69) is 10.1 Å². The van der Waals surface area contributed by atoms with Gasteiger partial charge in [-0.25, -0.2) is 17.6 Å². The van der Waals surface area contributed by atoms with Crippen LogP contribution < -0.4 is 14.8 Å². The van der Waals surface area contributed by atoms with Gasteiger partial charge in [0, 0.05) is 11.8 Å². The normalized spacial score (nSPS) is 15.1. The number of benzene rings is 3. The molecular weight excluding hydrogens is 554 g/mol. The topological polar surface area (TPSA) is 67.8 Å². The lowest BCUT2D eigenvalue weighted by Crippen LogP contribution is -2.33. The van der Waals surface area contributed by atoms with E-state index in [9.17, 15) is 39.9 Å². The third-order valence-corrected chi connectivity index (χ3v) is 6.03. The molecule has 2 unspecified atom stereocenters. The average molecular weight is 575 g/mol. The summed E-state index contributed by atoms with van der Waals surface area (Å²) in [6, 6.07) is 7.48. The third-order valence-electron chi connectivity index (χ3n) is 6.03. The number of hydrogen-bond acceptors (Lipinski definition) is 4. The van der Waals surface area contributed by atoms with Gasteiger partial charge in [0.05, 0.1) is 11.1 Å². The number of aliphatic hydroxyl groups excluding tert-OH is 1. The Morgan fingerprint density at radius 3 is 2.27 bits per heavy atom. The molecule has 40 heavy (non-hydrogen) atoms. The van der Waals surface area contributed by atoms with E-state index in [-0.39, 0.29) is 22.7 Å². The molecule has 3 aromatic rings. The molecule has 0 heterocycles. The predicted octanol–water partition coefficient (Wildman–Crippen LogP) is 7.51. The number of ether oxygens (including phenoxy) is 2. The average Bonchev–Trinajstić information content (AvgIpc) is 3.71. The number of alkyl halides is 6. The Balaban J connectivity index is 1.70. The molecule has 2 N–H and O–H groups in total. The molecule has 0 bridgehead atoms. The van der Waals surface area contributed by atoms with Crippen molar-refractivity contribution in [1.82, 2.24) is 0 Å². The van der Waals surface area contributed by atoms with Crippen molar-refractivity contribution in [2.45, 2.75) is 50.7 Å². The molecule has 1 aliphatic carbocycles. The van der Waals surface area contributed by atoms with E-state index in [4.69, 9.17) is 9.84 Å². The van der Waals surface area contributed by atoms with Crippen molar-refractivity contribution in [2.75, 3.05) is 5.32 Å². The minimum atomic E-state index is -4.82. The van der Waals surface area contributed by atoms with Gasteiger partial charge in [0.15, 0.2) is 17.7 Å². The second-order valence-corrected chi connectivity index (χ2v) is 9.11. The molecule has 1 fully saturated rings. The number of hydrogen-bond donors (Lipinski definition) is 2. The lowest BCUT2D eigenvalue weighted by molar-refractivity contribution is -0.138. The number of aliphatic hydroxyl groups is 1. The van der Waals surface area contributed by atoms with Gasteiger partial charge in [-0.2, -0.15) is 17.6 Å². The highest BCUT2D eigenvalue weighted by atomic mass is 19.4. The van der Waals surface area contributed by atoms with Gasteiger partial charge in [0.25, 0.3) is 18.7 Å². The number of aryl methyl sites for hydroxylation is 1. The van der Waals surface area contributed by atoms with Crippen LogP contribution in [-0.2, 0) is 6.18 Å². The van der Waals surface area contributed by atoms with Crippen molar-refractivity contribution < 1.29 is 54.5 Å². The summed E-state index contributed by atoms with van der Waals surface area (Å²) >= 11 is 0. The van der Waals surface area contributed by atoms with Crippen LogP contribution in [-0.4, -0.2) is 29.9 Å². The van der Waals surface area contributed by atoms with E-state index < -0.39 is 65.4 Å². The number of amides is 1. The minimum Gasteiger partial charge on any atom is -0.456 e. The molecule has 3 aromatic carbocycles. The molecule has 0 aromatic heterocycles. The minimum absolute atomic E-state index is 0.0704. The maximum absolute atomic E-state index is 14.1. The Morgan fingerprint density at radius 2 is 1.68 bits per heavy atom. The standard InChI is InChI=1S/C27H21F8NO4/c1-12-8-14(28)4-7-20(12)39-21-11-16(13-2-3-13)18(27(33,34)35)10-17(21)26(38)36-15-5-6-19(29)22(9-15)40-25(32)23(37)24(30)31/h4-11,13,23-25,37H,2-3H2,1H3,(H,36,38). The monoisotopic (exact) mass is 575 g/mol. The van der Waals surface area contributed by atoms with Crippen LogP contribution >= 0.6 is 0 Å². The van der Waals surface area contributed by atoms with Gasteiger partial charge >= 0.3 is 6.18 Å². The van der Waals surface area contributed by atoms with Crippen LogP contribution in [0.3, 0.4) is 0 Å². The van der Waals surface area contributed by atoms with Gasteiger partial charge in [0.2, 0.25) is 0 Å². The summed E-state index contributed by atoms with van der Waals surface area (Å²) in [6.07, 6.45) is -13.3. The Kier molecular flexibility index (Phi) is 8.24. The fourth-order valence-electron chi connectivity index (χ4n) is 3.86. The summed E-state index contributed by atoms with van der Waals surface area (Å²) in [6.45, 7) is 1.49. The summed E-state index contributed by atoms with van der Waals surface area (Å²) in [5, 5.41) is 11.3. The Hall–Kier alpha value is -3.87. The first-order valence-corrected chi connectivity index (χ1v) is 11.8. The first-order valence-electron chi connectivity index (χ1n) is 11.8. The highest BCUT2D eigenvalue weighted by Crippen LogP contribution is 2.48. The molecule has 0 aliphatic heterocycles. The highest BCUT2D eigenvalue weighted by molar-refractivity contribution is 6.06. The molecule has 214 valence electrons. The number of rotatable bonds is 9. The molecule has 0 saturated heterocycles. The van der Waals surface area contributed by atoms with Crippen LogP contribution in [0.1, 0.15) is 45.8 Å². The first kappa shape index (κ1) is 29.1. The van der Waals surface area contributed by atoms with Crippen LogP contribution in [0.5, 0.6) is 17.2 Å². The van der Waals surface area contributed by atoms with Crippen LogP contribution in [0.15, 0.2) is 48.5 Å². The van der Waals surface area contributed by atoms with Crippen molar-refractivity contribution in [3.8, 4) is 17.2 Å². The van der Waals surface area contributed by atoms with E-state index in [0.29, 0.717) is 36.6 Å². The first-order chi connectivity index (χ1) is 18.7. The predicted molar refractivity (Wildman–Crippen MR) is 127 cm³/mol. The SMILES string of the molecule is Cc1cc(F)ccc1Oc1cc(C2CC2)c(C(F)(F)F)cc1C(=O)Nc1ccc(F)c(OC(F)C(O)C(F)F)c1. The number of carbonyl (C=O) groups excluding carboxylic acids is 1. The lowest BCUT2D eigenvalue weighted by atomic mass is 9.98. The molecular formula is C27H21F8NO4. The van der Waals surface area contributed by atoms with Gasteiger partial charge in [-0.3, -0.25) is 4.79 Å². The molecule has 0 radical (unpaired) electrons. The van der Waals surface area contributed by atoms with E-state index in [1.165, 1.54) is 13.0 Å². The number of anilines is 1. The van der Waals surface area contributed by atoms with Crippen LogP contribution in [0.4, 0.5) is 40.8 Å². The maximum atomic E-state index is 14.1. The summed E-state index contributed by atoms with van der Waals surface area (Å²) in [4.78, 5) is 13.2. The van der Waals surface area contributed by atoms with Gasteiger partial charge in [-0.15, -0.1) is 0 Å². The molecule has 0 spiro atoms. The summed E-state index contributed by atoms with van der Waals surface area (Å²) in [5.41, 5.74) is -1.73. The van der Waals surface area contributed by atoms with Crippen molar-refractivity contribution in [3.05, 3.63) is 82.4 Å². The van der Waals surface area contributed by atoms with Gasteiger partial charge in [-0.1, -0.05) is 0 Å². The Bertz CT molecular complexity index is 1410. The zero-order valence-corrected chi connectivity index (χ0v) is 20.5. The van der Waals surface area contributed by atoms with E-state index >= 15 is 0 Å². The molecule has 5 nitrogen and oxygen atoms in total. The zero-order chi connectivity index (χ0) is 29.4. The quantitative estimate of drug-likeness (QED) is 0.259. The van der Waals surface area contributed by atoms with Gasteiger partial charge in [-0.05, 0) is 79.3 Å². The summed E-state index contributed by atoms with van der Waals surface area (Å²) in [5.74, 6) is -4.52. The van der Waals surface area contributed by atoms with Gasteiger partial charge in [0.1, 0.15) is 17.3 Å². The van der Waals surface area contributed by atoms with Crippen molar-refractivity contribution in [3.63, 3.8) is 0 Å². The third kappa shape index (κ3) is 6.64. The van der Waals surface area contributed by atoms with E-state index in [1.807, 2.05) is 0 Å². The van der Waals surface area contributed by atoms with Crippen LogP contribution in [0.25, 0.3) is 0 Å². The van der Waals surface area contributed by atoms with E-state index in [0.717, 1.165) is 24.3 Å². The molecule has 13 heteroatoms. The smallest absolute Gasteiger partial charge is 0.416 e. The molecule has 1 saturated carbocycles. The van der Waals surface area contributed by atoms with Crippen molar-refractivity contribution in [1.29, 1.82) is 0 Å². The van der Waals surface area contributed by atoms with E-state index in [1.54, 1.807) is 0 Å². The van der Waals surface area contributed by atoms with Crippen molar-refractivity contribution >= 4 is 11.6 Å². The van der Waals surface area contributed by atoms with Crippen LogP contribution in [0, 0.1) is 18.6 Å². The Labute approximate surface area is 222 Å². The largest absolute Gasteiger partial charge is 0.456 e. The second kappa shape index (κ2) is 11.3. The molecule has 4 rings (SSSR count).